The Morgan fingerprint density at radius 1 is 1.26 bits per heavy atom. The first kappa shape index (κ1) is 26.2. The number of aliphatic imine (C=N–C) groups is 1. The van der Waals surface area contributed by atoms with E-state index in [0.717, 1.165) is 31.9 Å². The number of rotatable bonds is 7. The molecular weight excluding hydrogens is 457 g/mol. The summed E-state index contributed by atoms with van der Waals surface area (Å²) in [4.78, 5) is 20.7. The van der Waals surface area contributed by atoms with E-state index in [-0.39, 0.29) is 30.1 Å². The number of piperidine rings is 1. The molecule has 0 atom stereocenters. The number of nitrogens with one attached hydrogen (secondary N) is 2. The summed E-state index contributed by atoms with van der Waals surface area (Å²) in [5, 5.41) is 6.82. The number of halogens is 1. The van der Waals surface area contributed by atoms with Crippen LogP contribution in [-0.2, 0) is 4.74 Å². The van der Waals surface area contributed by atoms with Crippen molar-refractivity contribution in [2.45, 2.75) is 65.5 Å². The van der Waals surface area contributed by atoms with Gasteiger partial charge in [-0.25, -0.2) is 4.79 Å². The molecule has 0 aromatic carbocycles. The van der Waals surface area contributed by atoms with Gasteiger partial charge in [0.05, 0.1) is 0 Å². The van der Waals surface area contributed by atoms with Gasteiger partial charge in [-0.15, -0.1) is 24.0 Å². The molecule has 27 heavy (non-hydrogen) atoms. The van der Waals surface area contributed by atoms with Crippen LogP contribution in [0.15, 0.2) is 4.99 Å². The SMILES string of the molecule is CCCN1CCC(NC(=NC)NCCN(CC)C(=O)OC(C)(C)C)CC1.I. The van der Waals surface area contributed by atoms with Gasteiger partial charge in [0, 0.05) is 45.8 Å². The summed E-state index contributed by atoms with van der Waals surface area (Å²) in [5.74, 6) is 0.805. The van der Waals surface area contributed by atoms with Crippen molar-refractivity contribution in [1.82, 2.24) is 20.4 Å². The largest absolute Gasteiger partial charge is 0.444 e. The monoisotopic (exact) mass is 497 g/mol. The Balaban J connectivity index is 0.00000676. The van der Waals surface area contributed by atoms with Crippen LogP contribution in [0.5, 0.6) is 0 Å². The van der Waals surface area contributed by atoms with Crippen LogP contribution >= 0.6 is 24.0 Å². The normalized spacial score (nSPS) is 16.4. The highest BCUT2D eigenvalue weighted by atomic mass is 127. The average molecular weight is 497 g/mol. The molecule has 0 radical (unpaired) electrons. The van der Waals surface area contributed by atoms with Crippen molar-refractivity contribution >= 4 is 36.0 Å². The van der Waals surface area contributed by atoms with Crippen LogP contribution in [0.25, 0.3) is 0 Å². The lowest BCUT2D eigenvalue weighted by molar-refractivity contribution is 0.0264. The molecule has 1 saturated heterocycles. The first-order valence-corrected chi connectivity index (χ1v) is 9.96. The van der Waals surface area contributed by atoms with Gasteiger partial charge in [0.25, 0.3) is 0 Å². The van der Waals surface area contributed by atoms with Crippen molar-refractivity contribution in [2.75, 3.05) is 46.3 Å². The van der Waals surface area contributed by atoms with Crippen LogP contribution in [0.4, 0.5) is 4.79 Å². The smallest absolute Gasteiger partial charge is 0.410 e. The van der Waals surface area contributed by atoms with E-state index in [4.69, 9.17) is 4.74 Å². The van der Waals surface area contributed by atoms with Gasteiger partial charge in [-0.05, 0) is 53.5 Å². The van der Waals surface area contributed by atoms with E-state index in [2.05, 4.69) is 27.4 Å². The number of likely N-dealkylation sites (tertiary alicyclic amines) is 1. The van der Waals surface area contributed by atoms with E-state index in [0.29, 0.717) is 25.7 Å². The zero-order chi connectivity index (χ0) is 19.6. The summed E-state index contributed by atoms with van der Waals surface area (Å²) in [7, 11) is 1.78. The minimum atomic E-state index is -0.470. The second-order valence-corrected chi connectivity index (χ2v) is 7.82. The number of amides is 1. The third-order valence-corrected chi connectivity index (χ3v) is 4.40. The van der Waals surface area contributed by atoms with Gasteiger partial charge < -0.3 is 25.2 Å². The Morgan fingerprint density at radius 3 is 2.37 bits per heavy atom. The number of ether oxygens (including phenoxy) is 1. The zero-order valence-electron chi connectivity index (χ0n) is 18.0. The fraction of sp³-hybridized carbons (Fsp3) is 0.895. The molecule has 1 rings (SSSR count). The number of likely N-dealkylation sites (N-methyl/N-ethyl adjacent to an activating group) is 1. The molecule has 0 saturated carbocycles. The van der Waals surface area contributed by atoms with Crippen molar-refractivity contribution in [3.8, 4) is 0 Å². The molecule has 0 aromatic rings. The predicted molar refractivity (Wildman–Crippen MR) is 123 cm³/mol. The maximum atomic E-state index is 12.2. The quantitative estimate of drug-likeness (QED) is 0.322. The first-order chi connectivity index (χ1) is 12.3. The summed E-state index contributed by atoms with van der Waals surface area (Å²) in [6.07, 6.45) is 3.22. The number of carbonyl (C=O) groups excluding carboxylic acids is 1. The molecule has 160 valence electrons. The van der Waals surface area contributed by atoms with Crippen LogP contribution in [0.1, 0.15) is 53.9 Å². The highest BCUT2D eigenvalue weighted by Crippen LogP contribution is 2.11. The molecule has 0 aromatic heterocycles. The predicted octanol–water partition coefficient (Wildman–Crippen LogP) is 2.90. The van der Waals surface area contributed by atoms with E-state index in [1.807, 2.05) is 27.7 Å². The summed E-state index contributed by atoms with van der Waals surface area (Å²) in [6, 6.07) is 0.461. The lowest BCUT2D eigenvalue weighted by Gasteiger charge is -2.33. The fourth-order valence-electron chi connectivity index (χ4n) is 3.02. The summed E-state index contributed by atoms with van der Waals surface area (Å²) >= 11 is 0. The molecule has 1 aliphatic rings. The highest BCUT2D eigenvalue weighted by molar-refractivity contribution is 14.0. The van der Waals surface area contributed by atoms with Crippen LogP contribution < -0.4 is 10.6 Å². The van der Waals surface area contributed by atoms with Gasteiger partial charge in [-0.3, -0.25) is 4.99 Å². The van der Waals surface area contributed by atoms with E-state index in [1.54, 1.807) is 11.9 Å². The van der Waals surface area contributed by atoms with Crippen LogP contribution in [0.2, 0.25) is 0 Å². The molecular formula is C19H40IN5O2. The maximum Gasteiger partial charge on any atom is 0.410 e. The number of hydrogen-bond donors (Lipinski definition) is 2. The van der Waals surface area contributed by atoms with Crippen molar-refractivity contribution in [3.63, 3.8) is 0 Å². The third-order valence-electron chi connectivity index (χ3n) is 4.40. The lowest BCUT2D eigenvalue weighted by atomic mass is 10.1. The van der Waals surface area contributed by atoms with E-state index >= 15 is 0 Å². The molecule has 1 aliphatic heterocycles. The van der Waals surface area contributed by atoms with Crippen LogP contribution in [0, 0.1) is 0 Å². The molecule has 0 aliphatic carbocycles. The Bertz CT molecular complexity index is 446. The molecule has 1 amide bonds. The lowest BCUT2D eigenvalue weighted by Crippen LogP contribution is -2.50. The van der Waals surface area contributed by atoms with Crippen LogP contribution in [0.3, 0.4) is 0 Å². The molecule has 0 spiro atoms. The molecule has 0 bridgehead atoms. The molecule has 2 N–H and O–H groups in total. The van der Waals surface area contributed by atoms with Gasteiger partial charge in [0.2, 0.25) is 0 Å². The Kier molecular flexibility index (Phi) is 13.0. The minimum Gasteiger partial charge on any atom is -0.444 e. The Morgan fingerprint density at radius 2 is 1.89 bits per heavy atom. The maximum absolute atomic E-state index is 12.2. The molecule has 8 heteroatoms. The number of carbonyl (C=O) groups is 1. The molecule has 1 fully saturated rings. The molecule has 7 nitrogen and oxygen atoms in total. The highest BCUT2D eigenvalue weighted by Gasteiger charge is 2.21. The second kappa shape index (κ2) is 13.4. The van der Waals surface area contributed by atoms with E-state index in [1.165, 1.54) is 13.0 Å². The minimum absolute atomic E-state index is 0. The van der Waals surface area contributed by atoms with Gasteiger partial charge in [-0.2, -0.15) is 0 Å². The summed E-state index contributed by atoms with van der Waals surface area (Å²) in [5.41, 5.74) is -0.470. The third kappa shape index (κ3) is 11.0. The first-order valence-electron chi connectivity index (χ1n) is 9.96. The van der Waals surface area contributed by atoms with Crippen molar-refractivity contribution in [1.29, 1.82) is 0 Å². The average Bonchev–Trinajstić information content (AvgIpc) is 2.57. The molecule has 1 heterocycles. The van der Waals surface area contributed by atoms with Gasteiger partial charge in [0.15, 0.2) is 5.96 Å². The Labute approximate surface area is 182 Å². The zero-order valence-corrected chi connectivity index (χ0v) is 20.3. The topological polar surface area (TPSA) is 69.2 Å². The number of guanidine groups is 1. The fourth-order valence-corrected chi connectivity index (χ4v) is 3.02. The number of hydrogen-bond acceptors (Lipinski definition) is 4. The second-order valence-electron chi connectivity index (χ2n) is 7.82. The Hall–Kier alpha value is -0.770. The van der Waals surface area contributed by atoms with Gasteiger partial charge in [-0.1, -0.05) is 6.92 Å². The number of nitrogens with zero attached hydrogens (tertiary/aromatic N) is 3. The molecule has 0 unspecified atom stereocenters. The van der Waals surface area contributed by atoms with Gasteiger partial charge >= 0.3 is 6.09 Å². The van der Waals surface area contributed by atoms with E-state index in [9.17, 15) is 4.79 Å². The van der Waals surface area contributed by atoms with Crippen molar-refractivity contribution in [3.05, 3.63) is 0 Å². The van der Waals surface area contributed by atoms with Crippen LogP contribution in [-0.4, -0.2) is 79.8 Å². The van der Waals surface area contributed by atoms with Crippen molar-refractivity contribution < 1.29 is 9.53 Å². The summed E-state index contributed by atoms with van der Waals surface area (Å²) in [6.45, 7) is 15.2. The van der Waals surface area contributed by atoms with Gasteiger partial charge in [0.1, 0.15) is 5.60 Å². The van der Waals surface area contributed by atoms with Crippen molar-refractivity contribution in [2.24, 2.45) is 4.99 Å². The van der Waals surface area contributed by atoms with E-state index < -0.39 is 5.60 Å². The standard InChI is InChI=1S/C19H39N5O2.HI/c1-7-12-23-13-9-16(10-14-23)22-17(20-6)21-11-15-24(8-2)18(25)26-19(3,4)5;/h16H,7-15H2,1-6H3,(H2,20,21,22);1H. The summed E-state index contributed by atoms with van der Waals surface area (Å²) < 4.78 is 5.43.